The zero-order chi connectivity index (χ0) is 30.7. The Morgan fingerprint density at radius 3 is 2.29 bits per heavy atom. The van der Waals surface area contributed by atoms with Crippen LogP contribution in [0.3, 0.4) is 0 Å². The van der Waals surface area contributed by atoms with Crippen molar-refractivity contribution >= 4 is 23.0 Å². The molecule has 3 N–H and O–H groups in total. The van der Waals surface area contributed by atoms with Crippen molar-refractivity contribution in [1.82, 2.24) is 14.8 Å². The second-order valence-corrected chi connectivity index (χ2v) is 11.6. The highest BCUT2D eigenvalue weighted by Gasteiger charge is 2.16. The smallest absolute Gasteiger partial charge is 0.274 e. The lowest BCUT2D eigenvalue weighted by Gasteiger charge is -2.29. The largest absolute Gasteiger partial charge is 0.474 e. The summed E-state index contributed by atoms with van der Waals surface area (Å²) in [5, 5.41) is 9.68. The van der Waals surface area contributed by atoms with Crippen molar-refractivity contribution in [3.63, 3.8) is 0 Å². The van der Waals surface area contributed by atoms with Gasteiger partial charge in [0.2, 0.25) is 0 Å². The molecule has 8 heteroatoms. The first-order chi connectivity index (χ1) is 19.9. The van der Waals surface area contributed by atoms with Crippen molar-refractivity contribution in [2.24, 2.45) is 0 Å². The van der Waals surface area contributed by atoms with Gasteiger partial charge in [0.1, 0.15) is 17.1 Å². The van der Waals surface area contributed by atoms with Crippen LogP contribution in [0.2, 0.25) is 0 Å². The third kappa shape index (κ3) is 10.6. The van der Waals surface area contributed by atoms with E-state index >= 15 is 0 Å². The number of carbonyl (C=O) groups is 1. The number of nitrogens with one attached hydrogen (secondary N) is 3. The second-order valence-electron chi connectivity index (χ2n) is 11.6. The molecule has 0 unspecified atom stereocenters. The lowest BCUT2D eigenvalue weighted by Crippen LogP contribution is -2.30. The SMILES string of the molecule is C=C(Nc1ccccc1NC(=O)c1ccc(CN(CCCN(C)C)/C(=C\C)Nc2cccc(C)c2)cn1)OC(C)(C)C. The number of anilines is 3. The van der Waals surface area contributed by atoms with Crippen molar-refractivity contribution in [2.45, 2.75) is 53.2 Å². The first-order valence-corrected chi connectivity index (χ1v) is 14.3. The maximum atomic E-state index is 13.1. The summed E-state index contributed by atoms with van der Waals surface area (Å²) in [4.78, 5) is 22.1. The zero-order valence-corrected chi connectivity index (χ0v) is 26.1. The minimum absolute atomic E-state index is 0.295. The fraction of sp³-hybridized carbons (Fsp3) is 0.353. The molecule has 1 aromatic heterocycles. The van der Waals surface area contributed by atoms with Gasteiger partial charge in [0, 0.05) is 25.0 Å². The van der Waals surface area contributed by atoms with Gasteiger partial charge < -0.3 is 30.5 Å². The molecule has 0 saturated heterocycles. The minimum Gasteiger partial charge on any atom is -0.474 e. The molecule has 42 heavy (non-hydrogen) atoms. The van der Waals surface area contributed by atoms with Crippen LogP contribution in [0, 0.1) is 6.92 Å². The number of hydrogen-bond donors (Lipinski definition) is 3. The summed E-state index contributed by atoms with van der Waals surface area (Å²) < 4.78 is 5.78. The molecular weight excluding hydrogens is 524 g/mol. The normalized spacial score (nSPS) is 11.7. The molecule has 0 aliphatic heterocycles. The van der Waals surface area contributed by atoms with Gasteiger partial charge in [-0.05, 0) is 116 Å². The number of aryl methyl sites for hydroxylation is 1. The fourth-order valence-electron chi connectivity index (χ4n) is 4.37. The quantitative estimate of drug-likeness (QED) is 0.179. The van der Waals surface area contributed by atoms with Crippen molar-refractivity contribution in [1.29, 1.82) is 0 Å². The maximum absolute atomic E-state index is 13.1. The van der Waals surface area contributed by atoms with Crippen LogP contribution in [0.1, 0.15) is 55.7 Å². The molecule has 1 amide bonds. The summed E-state index contributed by atoms with van der Waals surface area (Å²) in [6.45, 7) is 16.4. The van der Waals surface area contributed by atoms with E-state index in [1.54, 1.807) is 12.3 Å². The summed E-state index contributed by atoms with van der Waals surface area (Å²) >= 11 is 0. The molecule has 2 aromatic carbocycles. The topological polar surface area (TPSA) is 81.8 Å². The Hall–Kier alpha value is -4.30. The molecule has 0 aliphatic rings. The van der Waals surface area contributed by atoms with Gasteiger partial charge >= 0.3 is 0 Å². The molecule has 3 rings (SSSR count). The van der Waals surface area contributed by atoms with Crippen LogP contribution in [0.15, 0.2) is 91.2 Å². The van der Waals surface area contributed by atoms with Gasteiger partial charge in [-0.1, -0.05) is 30.3 Å². The van der Waals surface area contributed by atoms with Crippen LogP contribution in [0.4, 0.5) is 17.1 Å². The van der Waals surface area contributed by atoms with Gasteiger partial charge in [-0.3, -0.25) is 9.78 Å². The lowest BCUT2D eigenvalue weighted by atomic mass is 10.2. The molecule has 3 aromatic rings. The van der Waals surface area contributed by atoms with Crippen LogP contribution >= 0.6 is 0 Å². The van der Waals surface area contributed by atoms with Crippen LogP contribution < -0.4 is 16.0 Å². The molecule has 1 heterocycles. The maximum Gasteiger partial charge on any atom is 0.274 e. The van der Waals surface area contributed by atoms with Gasteiger partial charge in [-0.2, -0.15) is 0 Å². The van der Waals surface area contributed by atoms with Crippen LogP contribution in [-0.4, -0.2) is 53.5 Å². The van der Waals surface area contributed by atoms with E-state index in [0.29, 0.717) is 29.5 Å². The number of amides is 1. The van der Waals surface area contributed by atoms with E-state index in [-0.39, 0.29) is 11.5 Å². The van der Waals surface area contributed by atoms with Crippen molar-refractivity contribution in [3.05, 3.63) is 108 Å². The average Bonchev–Trinajstić information content (AvgIpc) is 2.91. The fourth-order valence-corrected chi connectivity index (χ4v) is 4.37. The summed E-state index contributed by atoms with van der Waals surface area (Å²) in [5.41, 5.74) is 4.51. The zero-order valence-electron chi connectivity index (χ0n) is 26.1. The molecule has 0 fully saturated rings. The van der Waals surface area contributed by atoms with E-state index in [2.05, 4.69) is 88.7 Å². The highest BCUT2D eigenvalue weighted by Crippen LogP contribution is 2.25. The van der Waals surface area contributed by atoms with Crippen LogP contribution in [-0.2, 0) is 11.3 Å². The number of aromatic nitrogens is 1. The first-order valence-electron chi connectivity index (χ1n) is 14.3. The van der Waals surface area contributed by atoms with Gasteiger partial charge in [-0.15, -0.1) is 0 Å². The molecule has 0 bridgehead atoms. The number of ether oxygens (including phenoxy) is 1. The van der Waals surface area contributed by atoms with Crippen LogP contribution in [0.5, 0.6) is 0 Å². The van der Waals surface area contributed by atoms with Gasteiger partial charge in [0.15, 0.2) is 5.88 Å². The van der Waals surface area contributed by atoms with E-state index in [4.69, 9.17) is 4.74 Å². The Kier molecular flexibility index (Phi) is 11.6. The monoisotopic (exact) mass is 570 g/mol. The standard InChI is InChI=1S/C34H46N6O2/c1-9-32(37-28-15-12-14-25(2)22-28)40(21-13-20-39(7)8)24-27-18-19-31(35-23-27)33(41)38-30-17-11-10-16-29(30)36-26(3)42-34(4,5)6/h9-12,14-19,22-23,36-37H,3,13,20-21,24H2,1-2,4-8H3,(H,38,41)/b32-9-. The number of benzene rings is 2. The second kappa shape index (κ2) is 15.1. The number of nitrogens with zero attached hydrogens (tertiary/aromatic N) is 3. The molecule has 0 saturated carbocycles. The van der Waals surface area contributed by atoms with Crippen molar-refractivity contribution in [2.75, 3.05) is 43.1 Å². The number of rotatable bonds is 14. The number of pyridine rings is 1. The van der Waals surface area contributed by atoms with Crippen molar-refractivity contribution < 1.29 is 9.53 Å². The third-order valence-electron chi connectivity index (χ3n) is 6.25. The Bertz CT molecular complexity index is 1360. The van der Waals surface area contributed by atoms with E-state index in [1.165, 1.54) is 5.56 Å². The number of carbonyl (C=O) groups excluding carboxylic acids is 1. The highest BCUT2D eigenvalue weighted by atomic mass is 16.5. The molecule has 0 radical (unpaired) electrons. The molecule has 0 atom stereocenters. The molecule has 0 aliphatic carbocycles. The highest BCUT2D eigenvalue weighted by molar-refractivity contribution is 6.04. The summed E-state index contributed by atoms with van der Waals surface area (Å²) in [7, 11) is 4.17. The van der Waals surface area contributed by atoms with Crippen LogP contribution in [0.25, 0.3) is 0 Å². The van der Waals surface area contributed by atoms with E-state index in [9.17, 15) is 4.79 Å². The van der Waals surface area contributed by atoms with Gasteiger partial charge in [0.05, 0.1) is 11.4 Å². The lowest BCUT2D eigenvalue weighted by molar-refractivity contribution is 0.0565. The van der Waals surface area contributed by atoms with Crippen molar-refractivity contribution in [3.8, 4) is 0 Å². The Morgan fingerprint density at radius 1 is 0.976 bits per heavy atom. The Labute approximate surface area is 251 Å². The van der Waals surface area contributed by atoms with Gasteiger partial charge in [0.25, 0.3) is 5.91 Å². The number of hydrogen-bond acceptors (Lipinski definition) is 7. The summed E-state index contributed by atoms with van der Waals surface area (Å²) in [6.07, 6.45) is 4.88. The van der Waals surface area contributed by atoms with E-state index in [0.717, 1.165) is 36.6 Å². The predicted molar refractivity (Wildman–Crippen MR) is 174 cm³/mol. The number of para-hydroxylation sites is 2. The predicted octanol–water partition coefficient (Wildman–Crippen LogP) is 7.07. The average molecular weight is 571 g/mol. The Balaban J connectivity index is 1.71. The Morgan fingerprint density at radius 2 is 1.69 bits per heavy atom. The molecular formula is C34H46N6O2. The summed E-state index contributed by atoms with van der Waals surface area (Å²) in [5.74, 6) is 1.14. The molecule has 224 valence electrons. The van der Waals surface area contributed by atoms with E-state index < -0.39 is 0 Å². The third-order valence-corrected chi connectivity index (χ3v) is 6.25. The first kappa shape index (κ1) is 32.2. The molecule has 0 spiro atoms. The van der Waals surface area contributed by atoms with Gasteiger partial charge in [-0.25, -0.2) is 0 Å². The summed E-state index contributed by atoms with van der Waals surface area (Å²) in [6, 6.07) is 19.5. The van der Waals surface area contributed by atoms with E-state index in [1.807, 2.05) is 58.0 Å². The minimum atomic E-state index is -0.389. The molecule has 8 nitrogen and oxygen atoms in total. The number of allylic oxidation sites excluding steroid dienone is 1.